The molecular formula is C53H37BO6. The first-order valence-electron chi connectivity index (χ1n) is 20.1. The average molecular weight is 781 g/mol. The van der Waals surface area contributed by atoms with Crippen LogP contribution in [0.1, 0.15) is 41.0 Å². The van der Waals surface area contributed by atoms with Crippen LogP contribution in [-0.4, -0.2) is 33.4 Å². The van der Waals surface area contributed by atoms with E-state index in [4.69, 9.17) is 12.3 Å². The van der Waals surface area contributed by atoms with Crippen molar-refractivity contribution in [3.63, 3.8) is 0 Å². The lowest BCUT2D eigenvalue weighted by Gasteiger charge is -2.20. The van der Waals surface area contributed by atoms with Crippen molar-refractivity contribution < 1.29 is 29.9 Å². The number of fused-ring (bicyclic) bond motifs is 3. The van der Waals surface area contributed by atoms with Crippen LogP contribution in [0.2, 0.25) is 0 Å². The highest BCUT2D eigenvalue weighted by Gasteiger charge is 2.33. The summed E-state index contributed by atoms with van der Waals surface area (Å²) in [4.78, 5) is 0. The highest BCUT2D eigenvalue weighted by Crippen LogP contribution is 2.54. The molecule has 1 aliphatic rings. The van der Waals surface area contributed by atoms with Crippen molar-refractivity contribution in [3.05, 3.63) is 138 Å². The average Bonchev–Trinajstić information content (AvgIpc) is 4.02. The summed E-state index contributed by atoms with van der Waals surface area (Å²) in [6.45, 7) is 7.68. The number of para-hydroxylation sites is 1. The van der Waals surface area contributed by atoms with Gasteiger partial charge in [0.25, 0.3) is 0 Å². The second-order valence-corrected chi connectivity index (χ2v) is 16.1. The predicted octanol–water partition coefficient (Wildman–Crippen LogP) is 12.6. The number of aromatic hydroxyl groups is 5. The van der Waals surface area contributed by atoms with Crippen LogP contribution in [0.25, 0.3) is 105 Å². The van der Waals surface area contributed by atoms with E-state index in [0.29, 0.717) is 39.0 Å². The zero-order chi connectivity index (χ0) is 41.3. The molecule has 6 nitrogen and oxygen atoms in total. The monoisotopic (exact) mass is 780 g/mol. The highest BCUT2D eigenvalue weighted by atomic mass is 16.3. The van der Waals surface area contributed by atoms with Gasteiger partial charge in [-0.15, -0.1) is 0 Å². The van der Waals surface area contributed by atoms with Gasteiger partial charge in [-0.3, -0.25) is 0 Å². The normalized spacial score (nSPS) is 13.1. The van der Waals surface area contributed by atoms with E-state index >= 15 is 0 Å². The Morgan fingerprint density at radius 2 is 1.15 bits per heavy atom. The van der Waals surface area contributed by atoms with Gasteiger partial charge in [-0.1, -0.05) is 121 Å². The molecular weight excluding hydrogens is 743 g/mol. The quantitative estimate of drug-likeness (QED) is 0.0652. The summed E-state index contributed by atoms with van der Waals surface area (Å²) in [5.74, 6) is -1.33. The fourth-order valence-corrected chi connectivity index (χ4v) is 9.78. The Hall–Kier alpha value is -7.38. The molecule has 1 fully saturated rings. The number of furan rings is 1. The van der Waals surface area contributed by atoms with Crippen LogP contribution in [0.4, 0.5) is 0 Å². The van der Waals surface area contributed by atoms with Crippen LogP contribution in [0.3, 0.4) is 0 Å². The van der Waals surface area contributed by atoms with Crippen LogP contribution in [0, 0.1) is 13.8 Å². The first-order chi connectivity index (χ1) is 29.1. The third-order valence-corrected chi connectivity index (χ3v) is 13.0. The number of phenols is 5. The topological polar surface area (TPSA) is 114 Å². The molecule has 0 saturated heterocycles. The van der Waals surface area contributed by atoms with Crippen molar-refractivity contribution >= 4 is 73.6 Å². The molecule has 1 aliphatic carbocycles. The van der Waals surface area contributed by atoms with Crippen LogP contribution >= 0.6 is 0 Å². The third-order valence-electron chi connectivity index (χ3n) is 13.0. The largest absolute Gasteiger partial charge is 0.507 e. The van der Waals surface area contributed by atoms with Gasteiger partial charge in [-0.05, 0) is 115 Å². The fourth-order valence-electron chi connectivity index (χ4n) is 9.78. The molecule has 60 heavy (non-hydrogen) atoms. The predicted molar refractivity (Wildman–Crippen MR) is 244 cm³/mol. The maximum Gasteiger partial charge on any atom is 0.201 e. The lowest BCUT2D eigenvalue weighted by atomic mass is 9.78. The molecule has 7 heteroatoms. The Morgan fingerprint density at radius 3 is 1.85 bits per heavy atom. The summed E-state index contributed by atoms with van der Waals surface area (Å²) in [5.41, 5.74) is 9.72. The number of hydrogen-bond acceptors (Lipinski definition) is 6. The van der Waals surface area contributed by atoms with Gasteiger partial charge < -0.3 is 29.9 Å². The fraction of sp³-hybridized carbons (Fsp3) is 0.0943. The summed E-state index contributed by atoms with van der Waals surface area (Å²) in [6.07, 6.45) is 3.32. The van der Waals surface area contributed by atoms with Crippen molar-refractivity contribution in [1.82, 2.24) is 0 Å². The molecule has 0 bridgehead atoms. The Bertz CT molecular complexity index is 3500. The van der Waals surface area contributed by atoms with E-state index in [2.05, 4.69) is 55.1 Å². The maximum absolute atomic E-state index is 11.6. The van der Waals surface area contributed by atoms with Crippen molar-refractivity contribution in [2.75, 3.05) is 0 Å². The van der Waals surface area contributed by atoms with Gasteiger partial charge in [0.15, 0.2) is 11.5 Å². The molecule has 0 aliphatic heterocycles. The van der Waals surface area contributed by atoms with Crippen molar-refractivity contribution in [1.29, 1.82) is 0 Å². The zero-order valence-electron chi connectivity index (χ0n) is 32.9. The Balaban J connectivity index is 1.13. The molecule has 0 spiro atoms. The van der Waals surface area contributed by atoms with E-state index < -0.39 is 11.5 Å². The Kier molecular flexibility index (Phi) is 7.64. The summed E-state index contributed by atoms with van der Waals surface area (Å²) in [7, 11) is 6.73. The minimum atomic E-state index is -0.574. The van der Waals surface area contributed by atoms with Gasteiger partial charge in [0.05, 0.1) is 5.56 Å². The molecule has 288 valence electrons. The molecule has 2 radical (unpaired) electrons. The molecule has 0 unspecified atom stereocenters. The van der Waals surface area contributed by atoms with Gasteiger partial charge in [0, 0.05) is 27.5 Å². The first-order valence-corrected chi connectivity index (χ1v) is 20.1. The summed E-state index contributed by atoms with van der Waals surface area (Å²) < 4.78 is 6.78. The van der Waals surface area contributed by atoms with Gasteiger partial charge in [-0.25, -0.2) is 0 Å². The standard InChI is InChI=1S/C53H37BO6/c1-4-30-25(2)26(3)48(55)46(49(30)56)37-24-20-28-18-22-35-32(21-17-27-19-23-36(37)42(28)41(27)35)33-11-8-14-40-44(33)39-13-7-12-38(53(39)60-40)31-9-5-6-10-34(31)45-47(54)43(29-15-16-29)50(57)52(59)51(45)58/h4-14,17-24,29,55-59H,1,15-16H2,2-3H3. The van der Waals surface area contributed by atoms with Gasteiger partial charge in [0.1, 0.15) is 30.5 Å². The summed E-state index contributed by atoms with van der Waals surface area (Å²) in [6, 6.07) is 36.5. The maximum atomic E-state index is 11.6. The summed E-state index contributed by atoms with van der Waals surface area (Å²) in [5, 5.41) is 64.1. The smallest absolute Gasteiger partial charge is 0.201 e. The minimum absolute atomic E-state index is 0.00585. The van der Waals surface area contributed by atoms with E-state index in [-0.39, 0.29) is 34.2 Å². The van der Waals surface area contributed by atoms with Crippen LogP contribution in [0.5, 0.6) is 28.7 Å². The lowest BCUT2D eigenvalue weighted by Crippen LogP contribution is -2.14. The van der Waals surface area contributed by atoms with Gasteiger partial charge >= 0.3 is 0 Å². The van der Waals surface area contributed by atoms with E-state index in [1.54, 1.807) is 6.08 Å². The minimum Gasteiger partial charge on any atom is -0.507 e. The summed E-state index contributed by atoms with van der Waals surface area (Å²) >= 11 is 0. The van der Waals surface area contributed by atoms with E-state index in [1.165, 1.54) is 0 Å². The second kappa shape index (κ2) is 12.8. The zero-order valence-corrected chi connectivity index (χ0v) is 32.9. The molecule has 1 aromatic heterocycles. The van der Waals surface area contributed by atoms with Crippen LogP contribution < -0.4 is 5.46 Å². The lowest BCUT2D eigenvalue weighted by molar-refractivity contribution is 0.367. The Labute approximate surface area is 346 Å². The molecule has 5 N–H and O–H groups in total. The van der Waals surface area contributed by atoms with E-state index in [1.807, 2.05) is 74.5 Å². The van der Waals surface area contributed by atoms with Gasteiger partial charge in [0.2, 0.25) is 5.75 Å². The number of benzene rings is 9. The van der Waals surface area contributed by atoms with Gasteiger partial charge in [-0.2, -0.15) is 0 Å². The highest BCUT2D eigenvalue weighted by molar-refractivity contribution is 6.38. The van der Waals surface area contributed by atoms with Crippen molar-refractivity contribution in [2.45, 2.75) is 32.6 Å². The molecule has 10 aromatic rings. The van der Waals surface area contributed by atoms with Crippen molar-refractivity contribution in [2.24, 2.45) is 0 Å². The second-order valence-electron chi connectivity index (χ2n) is 16.1. The third kappa shape index (κ3) is 4.83. The number of rotatable bonds is 6. The van der Waals surface area contributed by atoms with E-state index in [0.717, 1.165) is 89.3 Å². The van der Waals surface area contributed by atoms with Crippen LogP contribution in [0.15, 0.2) is 120 Å². The van der Waals surface area contributed by atoms with Crippen molar-refractivity contribution in [3.8, 4) is 73.3 Å². The number of phenolic OH excluding ortho intramolecular Hbond substituents is 5. The molecule has 1 heterocycles. The number of hydrogen-bond donors (Lipinski definition) is 5. The first kappa shape index (κ1) is 35.8. The molecule has 0 atom stereocenters. The molecule has 0 amide bonds. The molecule has 1 saturated carbocycles. The SMILES string of the molecule is [B]c1c(-c2ccccc2-c2cccc3c2oc2cccc(-c4ccc5ccc6c(-c7c(O)c(C)c(C)c(C=C)c7O)ccc7ccc4c5c76)c23)c(O)c(O)c(O)c1C1CC1. The van der Waals surface area contributed by atoms with E-state index in [9.17, 15) is 25.5 Å². The molecule has 9 aromatic carbocycles. The Morgan fingerprint density at radius 1 is 0.533 bits per heavy atom. The van der Waals surface area contributed by atoms with Crippen LogP contribution in [-0.2, 0) is 0 Å². The molecule has 11 rings (SSSR count).